The average Bonchev–Trinajstić information content (AvgIpc) is 2.48. The van der Waals surface area contributed by atoms with E-state index in [0.29, 0.717) is 0 Å². The van der Waals surface area contributed by atoms with Crippen LogP contribution < -0.4 is 5.32 Å². The van der Waals surface area contributed by atoms with E-state index in [4.69, 9.17) is 0 Å². The third-order valence-corrected chi connectivity index (χ3v) is 4.18. The Morgan fingerprint density at radius 1 is 1.15 bits per heavy atom. The number of carbonyl (C=O) groups is 1. The fourth-order valence-electron chi connectivity index (χ4n) is 3.21. The second-order valence-corrected chi connectivity index (χ2v) is 5.44. The van der Waals surface area contributed by atoms with Gasteiger partial charge in [0.2, 0.25) is 0 Å². The van der Waals surface area contributed by atoms with E-state index in [1.54, 1.807) is 0 Å². The van der Waals surface area contributed by atoms with E-state index in [2.05, 4.69) is 5.32 Å². The first-order valence-electron chi connectivity index (χ1n) is 7.21. The highest BCUT2D eigenvalue weighted by molar-refractivity contribution is 5.91. The normalized spacial score (nSPS) is 20.7. The lowest BCUT2D eigenvalue weighted by atomic mass is 9.84. The fourth-order valence-corrected chi connectivity index (χ4v) is 3.21. The zero-order chi connectivity index (χ0) is 13.9. The SMILES string of the molecule is O=C(O)C(c1cccc2ccccc12)C1CCCCN1. The lowest BCUT2D eigenvalue weighted by Crippen LogP contribution is -2.41. The van der Waals surface area contributed by atoms with Crippen molar-refractivity contribution in [2.75, 3.05) is 6.54 Å². The van der Waals surface area contributed by atoms with Gasteiger partial charge in [0, 0.05) is 6.04 Å². The number of carboxylic acid groups (broad SMARTS) is 1. The van der Waals surface area contributed by atoms with Crippen LogP contribution in [0.25, 0.3) is 10.8 Å². The van der Waals surface area contributed by atoms with Gasteiger partial charge in [-0.3, -0.25) is 4.79 Å². The monoisotopic (exact) mass is 269 g/mol. The smallest absolute Gasteiger partial charge is 0.312 e. The summed E-state index contributed by atoms with van der Waals surface area (Å²) < 4.78 is 0. The molecule has 0 saturated carbocycles. The van der Waals surface area contributed by atoms with E-state index in [-0.39, 0.29) is 6.04 Å². The van der Waals surface area contributed by atoms with E-state index in [0.717, 1.165) is 42.1 Å². The summed E-state index contributed by atoms with van der Waals surface area (Å²) in [7, 11) is 0. The van der Waals surface area contributed by atoms with Gasteiger partial charge >= 0.3 is 5.97 Å². The molecule has 0 aromatic heterocycles. The molecule has 0 spiro atoms. The van der Waals surface area contributed by atoms with Crippen molar-refractivity contribution < 1.29 is 9.90 Å². The molecule has 1 aliphatic rings. The van der Waals surface area contributed by atoms with Crippen molar-refractivity contribution in [1.29, 1.82) is 0 Å². The van der Waals surface area contributed by atoms with Crippen LogP contribution in [0.3, 0.4) is 0 Å². The van der Waals surface area contributed by atoms with E-state index in [1.807, 2.05) is 42.5 Å². The Kier molecular flexibility index (Phi) is 3.70. The predicted octanol–water partition coefficient (Wildman–Crippen LogP) is 3.15. The van der Waals surface area contributed by atoms with Crippen molar-refractivity contribution in [2.24, 2.45) is 0 Å². The van der Waals surface area contributed by atoms with Gasteiger partial charge in [0.15, 0.2) is 0 Å². The largest absolute Gasteiger partial charge is 0.481 e. The van der Waals surface area contributed by atoms with Gasteiger partial charge in [0.1, 0.15) is 0 Å². The highest BCUT2D eigenvalue weighted by atomic mass is 16.4. The summed E-state index contributed by atoms with van der Waals surface area (Å²) in [5.41, 5.74) is 0.926. The van der Waals surface area contributed by atoms with Crippen LogP contribution in [0.1, 0.15) is 30.7 Å². The molecule has 2 atom stereocenters. The Labute approximate surface area is 118 Å². The molecule has 20 heavy (non-hydrogen) atoms. The second-order valence-electron chi connectivity index (χ2n) is 5.44. The third-order valence-electron chi connectivity index (χ3n) is 4.18. The number of nitrogens with one attached hydrogen (secondary N) is 1. The van der Waals surface area contributed by atoms with Crippen molar-refractivity contribution in [3.8, 4) is 0 Å². The van der Waals surface area contributed by atoms with Gasteiger partial charge in [0.05, 0.1) is 5.92 Å². The molecule has 2 aromatic rings. The van der Waals surface area contributed by atoms with Crippen LogP contribution in [-0.4, -0.2) is 23.7 Å². The summed E-state index contributed by atoms with van der Waals surface area (Å²) in [6.07, 6.45) is 3.17. The Hall–Kier alpha value is -1.87. The number of carboxylic acids is 1. The molecule has 1 fully saturated rings. The topological polar surface area (TPSA) is 49.3 Å². The maximum atomic E-state index is 11.8. The molecule has 0 aliphatic carbocycles. The van der Waals surface area contributed by atoms with Crippen LogP contribution in [0.2, 0.25) is 0 Å². The van der Waals surface area contributed by atoms with Gasteiger partial charge in [-0.15, -0.1) is 0 Å². The first kappa shape index (κ1) is 13.1. The van der Waals surface area contributed by atoms with Gasteiger partial charge < -0.3 is 10.4 Å². The highest BCUT2D eigenvalue weighted by Gasteiger charge is 2.31. The van der Waals surface area contributed by atoms with E-state index in [1.165, 1.54) is 0 Å². The van der Waals surface area contributed by atoms with Crippen molar-refractivity contribution in [2.45, 2.75) is 31.2 Å². The Bertz CT molecular complexity index is 612. The molecule has 2 aromatic carbocycles. The molecule has 1 aliphatic heterocycles. The maximum Gasteiger partial charge on any atom is 0.312 e. The molecule has 1 heterocycles. The third kappa shape index (κ3) is 2.41. The summed E-state index contributed by atoms with van der Waals surface area (Å²) in [6, 6.07) is 14.0. The van der Waals surface area contributed by atoms with Gasteiger partial charge in [-0.2, -0.15) is 0 Å². The summed E-state index contributed by atoms with van der Waals surface area (Å²) in [5.74, 6) is -1.21. The van der Waals surface area contributed by atoms with Gasteiger partial charge in [-0.05, 0) is 35.7 Å². The number of aliphatic carboxylic acids is 1. The van der Waals surface area contributed by atoms with E-state index in [9.17, 15) is 9.90 Å². The quantitative estimate of drug-likeness (QED) is 0.900. The zero-order valence-electron chi connectivity index (χ0n) is 11.4. The molecular weight excluding hydrogens is 250 g/mol. The molecule has 104 valence electrons. The number of hydrogen-bond donors (Lipinski definition) is 2. The number of fused-ring (bicyclic) bond motifs is 1. The highest BCUT2D eigenvalue weighted by Crippen LogP contribution is 2.31. The van der Waals surface area contributed by atoms with Crippen molar-refractivity contribution in [3.63, 3.8) is 0 Å². The van der Waals surface area contributed by atoms with Crippen LogP contribution in [0.4, 0.5) is 0 Å². The van der Waals surface area contributed by atoms with Crippen LogP contribution in [0.15, 0.2) is 42.5 Å². The van der Waals surface area contributed by atoms with Crippen molar-refractivity contribution in [1.82, 2.24) is 5.32 Å². The predicted molar refractivity (Wildman–Crippen MR) is 80.0 cm³/mol. The van der Waals surface area contributed by atoms with Crippen molar-refractivity contribution in [3.05, 3.63) is 48.0 Å². The molecule has 2 N–H and O–H groups in total. The van der Waals surface area contributed by atoms with Crippen LogP contribution in [0.5, 0.6) is 0 Å². The lowest BCUT2D eigenvalue weighted by molar-refractivity contribution is -0.139. The lowest BCUT2D eigenvalue weighted by Gasteiger charge is -2.29. The summed E-state index contributed by atoms with van der Waals surface area (Å²) in [6.45, 7) is 0.916. The van der Waals surface area contributed by atoms with E-state index < -0.39 is 11.9 Å². The Morgan fingerprint density at radius 2 is 1.95 bits per heavy atom. The fraction of sp³-hybridized carbons (Fsp3) is 0.353. The van der Waals surface area contributed by atoms with Crippen LogP contribution in [0, 0.1) is 0 Å². The molecule has 2 unspecified atom stereocenters. The molecule has 0 amide bonds. The Balaban J connectivity index is 2.07. The number of benzene rings is 2. The van der Waals surface area contributed by atoms with Crippen LogP contribution in [-0.2, 0) is 4.79 Å². The molecule has 0 bridgehead atoms. The minimum atomic E-state index is -0.735. The molecule has 3 rings (SSSR count). The summed E-state index contributed by atoms with van der Waals surface area (Å²) in [5, 5.41) is 15.2. The molecule has 1 saturated heterocycles. The average molecular weight is 269 g/mol. The molecule has 3 nitrogen and oxygen atoms in total. The van der Waals surface area contributed by atoms with Crippen LogP contribution >= 0.6 is 0 Å². The van der Waals surface area contributed by atoms with Crippen molar-refractivity contribution >= 4 is 16.7 Å². The number of piperidine rings is 1. The van der Waals surface area contributed by atoms with Gasteiger partial charge in [-0.1, -0.05) is 48.9 Å². The minimum Gasteiger partial charge on any atom is -0.481 e. The first-order valence-corrected chi connectivity index (χ1v) is 7.21. The Morgan fingerprint density at radius 3 is 2.70 bits per heavy atom. The maximum absolute atomic E-state index is 11.8. The molecule has 0 radical (unpaired) electrons. The minimum absolute atomic E-state index is 0.0343. The first-order chi connectivity index (χ1) is 9.77. The number of hydrogen-bond acceptors (Lipinski definition) is 2. The zero-order valence-corrected chi connectivity index (χ0v) is 11.4. The van der Waals surface area contributed by atoms with Gasteiger partial charge in [0.25, 0.3) is 0 Å². The number of rotatable bonds is 3. The summed E-state index contributed by atoms with van der Waals surface area (Å²) >= 11 is 0. The molecular formula is C17H19NO2. The summed E-state index contributed by atoms with van der Waals surface area (Å²) in [4.78, 5) is 11.8. The van der Waals surface area contributed by atoms with Gasteiger partial charge in [-0.25, -0.2) is 0 Å². The van der Waals surface area contributed by atoms with E-state index >= 15 is 0 Å². The molecule has 3 heteroatoms. The second kappa shape index (κ2) is 5.63. The standard InChI is InChI=1S/C17H19NO2/c19-17(20)16(15-10-3-4-11-18-15)14-9-5-7-12-6-1-2-8-13(12)14/h1-2,5-9,15-16,18H,3-4,10-11H2,(H,19,20).